The van der Waals surface area contributed by atoms with E-state index >= 15 is 0 Å². The maximum absolute atomic E-state index is 12.2. The number of aliphatic hydroxyl groups excluding tert-OH is 2. The van der Waals surface area contributed by atoms with Crippen molar-refractivity contribution in [3.63, 3.8) is 0 Å². The van der Waals surface area contributed by atoms with E-state index in [1.165, 1.54) is 0 Å². The number of fused-ring (bicyclic) bond motifs is 2. The molecule has 0 saturated heterocycles. The molecule has 6 atom stereocenters. The lowest BCUT2D eigenvalue weighted by atomic mass is 9.77. The van der Waals surface area contributed by atoms with E-state index in [1.54, 1.807) is 0 Å². The van der Waals surface area contributed by atoms with Crippen LogP contribution in [0.5, 0.6) is 0 Å². The number of amides is 1. The summed E-state index contributed by atoms with van der Waals surface area (Å²) < 4.78 is 5.36. The Morgan fingerprint density at radius 2 is 1.74 bits per heavy atom. The van der Waals surface area contributed by atoms with Gasteiger partial charge >= 0.3 is 6.09 Å². The number of carbonyl (C=O) groups is 1. The molecule has 126 valence electrons. The van der Waals surface area contributed by atoms with Crippen LogP contribution >= 0.6 is 0 Å². The van der Waals surface area contributed by atoms with Gasteiger partial charge in [0, 0.05) is 17.9 Å². The van der Waals surface area contributed by atoms with E-state index in [2.05, 4.69) is 5.32 Å². The Bertz CT molecular complexity index is 568. The van der Waals surface area contributed by atoms with Gasteiger partial charge < -0.3 is 20.3 Å². The van der Waals surface area contributed by atoms with Crippen LogP contribution in [0.25, 0.3) is 0 Å². The molecule has 2 saturated carbocycles. The van der Waals surface area contributed by atoms with Crippen molar-refractivity contribution in [3.8, 4) is 0 Å². The Kier molecular flexibility index (Phi) is 4.10. The van der Waals surface area contributed by atoms with E-state index in [-0.39, 0.29) is 23.8 Å². The van der Waals surface area contributed by atoms with E-state index in [9.17, 15) is 15.0 Å². The molecule has 2 aliphatic carbocycles. The van der Waals surface area contributed by atoms with Gasteiger partial charge in [0.2, 0.25) is 0 Å². The molecule has 5 nitrogen and oxygen atoms in total. The first-order valence-corrected chi connectivity index (χ1v) is 8.18. The lowest BCUT2D eigenvalue weighted by molar-refractivity contribution is -0.0351. The van der Waals surface area contributed by atoms with Crippen LogP contribution in [0.2, 0.25) is 0 Å². The first-order chi connectivity index (χ1) is 10.8. The minimum Gasteiger partial charge on any atom is -0.444 e. The molecular weight excluding hydrogens is 294 g/mol. The molecule has 3 rings (SSSR count). The quantitative estimate of drug-likeness (QED) is 0.779. The first kappa shape index (κ1) is 16.3. The molecule has 0 aromatic heterocycles. The highest BCUT2D eigenvalue weighted by Gasteiger charge is 2.58. The summed E-state index contributed by atoms with van der Waals surface area (Å²) in [5, 5.41) is 23.4. The van der Waals surface area contributed by atoms with Crippen LogP contribution in [0.15, 0.2) is 30.3 Å². The van der Waals surface area contributed by atoms with E-state index in [0.717, 1.165) is 5.56 Å². The van der Waals surface area contributed by atoms with Crippen molar-refractivity contribution >= 4 is 6.09 Å². The molecule has 5 heteroatoms. The number of alkyl carbamates (subject to hydrolysis) is 1. The van der Waals surface area contributed by atoms with Crippen LogP contribution in [0.3, 0.4) is 0 Å². The minimum absolute atomic E-state index is 0.00730. The van der Waals surface area contributed by atoms with Crippen molar-refractivity contribution < 1.29 is 19.7 Å². The van der Waals surface area contributed by atoms with Crippen molar-refractivity contribution in [1.29, 1.82) is 0 Å². The zero-order valence-electron chi connectivity index (χ0n) is 13.8. The second-order valence-electron chi connectivity index (χ2n) is 7.65. The van der Waals surface area contributed by atoms with E-state index in [4.69, 9.17) is 4.74 Å². The zero-order valence-corrected chi connectivity index (χ0v) is 13.8. The topological polar surface area (TPSA) is 78.8 Å². The third kappa shape index (κ3) is 3.08. The van der Waals surface area contributed by atoms with Gasteiger partial charge in [-0.3, -0.25) is 0 Å². The molecule has 2 fully saturated rings. The lowest BCUT2D eigenvalue weighted by Crippen LogP contribution is -2.52. The fraction of sp³-hybridized carbons (Fsp3) is 0.611. The van der Waals surface area contributed by atoms with Gasteiger partial charge in [-0.1, -0.05) is 30.3 Å². The van der Waals surface area contributed by atoms with Gasteiger partial charge in [-0.2, -0.15) is 0 Å². The molecule has 0 spiro atoms. The number of nitrogens with one attached hydrogen (secondary N) is 1. The van der Waals surface area contributed by atoms with E-state index in [0.29, 0.717) is 6.42 Å². The number of carbonyl (C=O) groups excluding carboxylic acids is 1. The molecule has 23 heavy (non-hydrogen) atoms. The molecule has 0 aliphatic heterocycles. The summed E-state index contributed by atoms with van der Waals surface area (Å²) in [6, 6.07) is 9.64. The van der Waals surface area contributed by atoms with Gasteiger partial charge in [-0.05, 0) is 38.7 Å². The van der Waals surface area contributed by atoms with Gasteiger partial charge in [0.05, 0.1) is 12.2 Å². The van der Waals surface area contributed by atoms with Gasteiger partial charge in [-0.25, -0.2) is 4.79 Å². The second-order valence-corrected chi connectivity index (χ2v) is 7.65. The summed E-state index contributed by atoms with van der Waals surface area (Å²) >= 11 is 0. The van der Waals surface area contributed by atoms with Gasteiger partial charge in [0.1, 0.15) is 5.60 Å². The van der Waals surface area contributed by atoms with Crippen LogP contribution in [-0.2, 0) is 4.74 Å². The van der Waals surface area contributed by atoms with Crippen molar-refractivity contribution in [2.45, 2.75) is 57.0 Å². The summed E-state index contributed by atoms with van der Waals surface area (Å²) in [6.45, 7) is 5.46. The van der Waals surface area contributed by atoms with E-state index < -0.39 is 23.9 Å². The molecule has 0 heterocycles. The van der Waals surface area contributed by atoms with Gasteiger partial charge in [-0.15, -0.1) is 0 Å². The molecule has 1 amide bonds. The molecule has 2 bridgehead atoms. The number of ether oxygens (including phenoxy) is 1. The molecule has 3 N–H and O–H groups in total. The molecular formula is C18H25NO4. The largest absolute Gasteiger partial charge is 0.444 e. The number of hydrogen-bond acceptors (Lipinski definition) is 4. The summed E-state index contributed by atoms with van der Waals surface area (Å²) in [7, 11) is 0. The highest BCUT2D eigenvalue weighted by Crippen LogP contribution is 2.53. The lowest BCUT2D eigenvalue weighted by Gasteiger charge is -2.37. The number of aliphatic hydroxyl groups is 2. The van der Waals surface area contributed by atoms with Gasteiger partial charge in [0.25, 0.3) is 0 Å². The maximum Gasteiger partial charge on any atom is 0.407 e. The summed E-state index contributed by atoms with van der Waals surface area (Å²) in [5.41, 5.74) is 0.509. The average Bonchev–Trinajstić information content (AvgIpc) is 2.95. The second kappa shape index (κ2) is 5.80. The molecule has 1 aromatic rings. The van der Waals surface area contributed by atoms with Gasteiger partial charge in [0.15, 0.2) is 0 Å². The summed E-state index contributed by atoms with van der Waals surface area (Å²) in [5.74, 6) is -0.197. The summed E-state index contributed by atoms with van der Waals surface area (Å²) in [6.07, 6.45) is -1.29. The van der Waals surface area contributed by atoms with Crippen LogP contribution in [0.4, 0.5) is 4.79 Å². The van der Waals surface area contributed by atoms with Crippen LogP contribution < -0.4 is 5.32 Å². The Morgan fingerprint density at radius 3 is 2.35 bits per heavy atom. The molecule has 0 radical (unpaired) electrons. The highest BCUT2D eigenvalue weighted by molar-refractivity contribution is 5.68. The number of hydrogen-bond donors (Lipinski definition) is 3. The minimum atomic E-state index is -0.792. The third-order valence-electron chi connectivity index (χ3n) is 4.95. The molecule has 2 aliphatic rings. The van der Waals surface area contributed by atoms with Crippen LogP contribution in [0.1, 0.15) is 38.7 Å². The Hall–Kier alpha value is -1.59. The van der Waals surface area contributed by atoms with Crippen LogP contribution in [-0.4, -0.2) is 40.2 Å². The zero-order chi connectivity index (χ0) is 16.8. The Morgan fingerprint density at radius 1 is 1.13 bits per heavy atom. The predicted molar refractivity (Wildman–Crippen MR) is 86.0 cm³/mol. The number of benzene rings is 1. The monoisotopic (exact) mass is 319 g/mol. The third-order valence-corrected chi connectivity index (χ3v) is 4.95. The molecule has 0 unspecified atom stereocenters. The Labute approximate surface area is 136 Å². The maximum atomic E-state index is 12.2. The van der Waals surface area contributed by atoms with Crippen molar-refractivity contribution in [2.24, 2.45) is 11.8 Å². The number of rotatable bonds is 2. The Balaban J connectivity index is 1.83. The smallest absolute Gasteiger partial charge is 0.407 e. The average molecular weight is 319 g/mol. The van der Waals surface area contributed by atoms with Crippen molar-refractivity contribution in [1.82, 2.24) is 5.32 Å². The van der Waals surface area contributed by atoms with Crippen molar-refractivity contribution in [3.05, 3.63) is 35.9 Å². The predicted octanol–water partition coefficient (Wildman–Crippen LogP) is 2.04. The normalized spacial score (nSPS) is 36.0. The first-order valence-electron chi connectivity index (χ1n) is 8.18. The van der Waals surface area contributed by atoms with Crippen molar-refractivity contribution in [2.75, 3.05) is 0 Å². The fourth-order valence-corrected chi connectivity index (χ4v) is 4.12. The summed E-state index contributed by atoms with van der Waals surface area (Å²) in [4.78, 5) is 12.2. The fourth-order valence-electron chi connectivity index (χ4n) is 4.12. The molecule has 1 aromatic carbocycles. The van der Waals surface area contributed by atoms with Crippen LogP contribution in [0, 0.1) is 11.8 Å². The SMILES string of the molecule is CC(C)(C)OC(=O)N[C@@H]1[C@H]2C[C@H]([C@H](O)[C@@H]2O)[C@H]1c1ccccc1. The van der Waals surface area contributed by atoms with E-state index in [1.807, 2.05) is 51.1 Å². The highest BCUT2D eigenvalue weighted by atomic mass is 16.6. The standard InChI is InChI=1S/C18H25NO4/c1-18(2,3)23-17(22)19-14-12-9-11(15(20)16(12)21)13(14)10-7-5-4-6-8-10/h4-8,11-16,20-21H,9H2,1-3H3,(H,19,22)/t11-,12+,13+,14+,15-,16+/m0/s1.